The fourth-order valence-electron chi connectivity index (χ4n) is 1.67. The average molecular weight is 351 g/mol. The van der Waals surface area contributed by atoms with Crippen molar-refractivity contribution in [2.75, 3.05) is 13.2 Å². The smallest absolute Gasteiger partial charge is 0.329 e. The molecular formula is C15H19N4O6-. The number of hydrogen-bond acceptors (Lipinski definition) is 7. The van der Waals surface area contributed by atoms with E-state index in [2.05, 4.69) is 10.4 Å². The molecule has 0 aliphatic rings. The van der Waals surface area contributed by atoms with Gasteiger partial charge >= 0.3 is 11.8 Å². The van der Waals surface area contributed by atoms with E-state index < -0.39 is 28.2 Å². The van der Waals surface area contributed by atoms with Crippen molar-refractivity contribution in [3.63, 3.8) is 0 Å². The number of nitrogens with one attached hydrogen (secondary N) is 2. The second-order valence-corrected chi connectivity index (χ2v) is 5.36. The van der Waals surface area contributed by atoms with Crippen LogP contribution in [0.3, 0.4) is 0 Å². The van der Waals surface area contributed by atoms with Crippen LogP contribution >= 0.6 is 0 Å². The van der Waals surface area contributed by atoms with Crippen molar-refractivity contribution in [3.8, 4) is 11.5 Å². The van der Waals surface area contributed by atoms with Crippen molar-refractivity contribution in [1.29, 1.82) is 0 Å². The Hall–Kier alpha value is -3.17. The molecule has 25 heavy (non-hydrogen) atoms. The van der Waals surface area contributed by atoms with Crippen LogP contribution in [0.25, 0.3) is 0 Å². The van der Waals surface area contributed by atoms with Crippen molar-refractivity contribution in [3.05, 3.63) is 27.8 Å². The first kappa shape index (κ1) is 19.9. The molecule has 0 saturated carbocycles. The largest absolute Gasteiger partial charge is 0.865 e. The molecule has 10 heteroatoms. The van der Waals surface area contributed by atoms with Gasteiger partial charge in [0.1, 0.15) is 5.75 Å². The van der Waals surface area contributed by atoms with E-state index in [0.29, 0.717) is 6.54 Å². The molecular weight excluding hydrogens is 332 g/mol. The molecule has 10 nitrogen and oxygen atoms in total. The minimum absolute atomic E-state index is 0.153. The summed E-state index contributed by atoms with van der Waals surface area (Å²) >= 11 is 0. The summed E-state index contributed by atoms with van der Waals surface area (Å²) in [5.74, 6) is -2.68. The number of amides is 2. The molecule has 0 saturated heterocycles. The number of carbonyl (C=O) groups is 2. The van der Waals surface area contributed by atoms with E-state index in [4.69, 9.17) is 4.74 Å². The molecule has 1 aromatic carbocycles. The Morgan fingerprint density at radius 1 is 1.36 bits per heavy atom. The zero-order valence-electron chi connectivity index (χ0n) is 14.1. The molecule has 0 unspecified atom stereocenters. The number of nitro groups is 1. The molecule has 2 N–H and O–H groups in total. The number of hydrazone groups is 1. The quantitative estimate of drug-likeness (QED) is 0.312. The number of rotatable bonds is 7. The molecule has 1 aromatic rings. The Morgan fingerprint density at radius 2 is 2.04 bits per heavy atom. The highest BCUT2D eigenvalue weighted by Gasteiger charge is 2.14. The summed E-state index contributed by atoms with van der Waals surface area (Å²) in [4.78, 5) is 33.1. The maximum Gasteiger partial charge on any atom is 0.329 e. The predicted molar refractivity (Wildman–Crippen MR) is 87.3 cm³/mol. The molecule has 2 amide bonds. The maximum atomic E-state index is 11.8. The van der Waals surface area contributed by atoms with Crippen LogP contribution in [0.15, 0.2) is 17.2 Å². The summed E-state index contributed by atoms with van der Waals surface area (Å²) < 4.78 is 5.06. The van der Waals surface area contributed by atoms with Crippen LogP contribution in [0.4, 0.5) is 5.69 Å². The summed E-state index contributed by atoms with van der Waals surface area (Å²) in [7, 11) is 0. The van der Waals surface area contributed by atoms with Gasteiger partial charge in [0.25, 0.3) is 5.69 Å². The summed E-state index contributed by atoms with van der Waals surface area (Å²) in [6.45, 7) is 5.87. The van der Waals surface area contributed by atoms with Crippen LogP contribution in [0.5, 0.6) is 11.5 Å². The van der Waals surface area contributed by atoms with Crippen LogP contribution in [0.1, 0.15) is 26.3 Å². The van der Waals surface area contributed by atoms with E-state index in [1.165, 1.54) is 6.07 Å². The van der Waals surface area contributed by atoms with Crippen LogP contribution in [0, 0.1) is 16.0 Å². The molecule has 136 valence electrons. The lowest BCUT2D eigenvalue weighted by atomic mass is 10.2. The van der Waals surface area contributed by atoms with Crippen LogP contribution in [-0.4, -0.2) is 36.1 Å². The van der Waals surface area contributed by atoms with Crippen molar-refractivity contribution < 1.29 is 24.4 Å². The number of nitro benzene ring substituents is 1. The molecule has 0 bridgehead atoms. The van der Waals surface area contributed by atoms with Gasteiger partial charge in [0.2, 0.25) is 0 Å². The van der Waals surface area contributed by atoms with Gasteiger partial charge in [0.05, 0.1) is 17.7 Å². The first-order valence-corrected chi connectivity index (χ1v) is 7.49. The third-order valence-electron chi connectivity index (χ3n) is 2.81. The third-order valence-corrected chi connectivity index (χ3v) is 2.81. The SMILES string of the molecule is CCOc1cc(/C=N\NC(=O)C(=O)NCC(C)C)cc([N+](=O)[O-])c1[O-]. The molecule has 0 fully saturated rings. The zero-order chi connectivity index (χ0) is 19.0. The van der Waals surface area contributed by atoms with Crippen molar-refractivity contribution >= 4 is 23.7 Å². The lowest BCUT2D eigenvalue weighted by Crippen LogP contribution is -2.39. The molecule has 0 aromatic heterocycles. The lowest BCUT2D eigenvalue weighted by molar-refractivity contribution is -0.398. The monoisotopic (exact) mass is 351 g/mol. The van der Waals surface area contributed by atoms with Gasteiger partial charge < -0.3 is 15.2 Å². The number of ether oxygens (including phenoxy) is 1. The Kier molecular flexibility index (Phi) is 7.32. The molecule has 0 spiro atoms. The van der Waals surface area contributed by atoms with E-state index in [1.54, 1.807) is 6.92 Å². The average Bonchev–Trinajstić information content (AvgIpc) is 2.54. The minimum atomic E-state index is -0.975. The predicted octanol–water partition coefficient (Wildman–Crippen LogP) is 0.289. The van der Waals surface area contributed by atoms with Gasteiger partial charge in [0, 0.05) is 23.9 Å². The second kappa shape index (κ2) is 9.21. The minimum Gasteiger partial charge on any atom is -0.865 e. The number of nitrogens with zero attached hydrogens (tertiary/aromatic N) is 2. The van der Waals surface area contributed by atoms with Crippen molar-refractivity contribution in [1.82, 2.24) is 10.7 Å². The first-order chi connectivity index (χ1) is 11.8. The van der Waals surface area contributed by atoms with Crippen LogP contribution < -0.4 is 20.6 Å². The van der Waals surface area contributed by atoms with Gasteiger partial charge in [-0.2, -0.15) is 5.10 Å². The van der Waals surface area contributed by atoms with E-state index in [-0.39, 0.29) is 23.8 Å². The standard InChI is InChI=1S/C15H20N4O6/c1-4-25-12-6-10(5-11(13(12)20)19(23)24)8-17-18-15(22)14(21)16-7-9(2)3/h5-6,8-9,20H,4,7H2,1-3H3,(H,16,21)(H,18,22)/p-1/b17-8-. The summed E-state index contributed by atoms with van der Waals surface area (Å²) in [6, 6.07) is 2.26. The molecule has 0 radical (unpaired) electrons. The molecule has 0 aliphatic heterocycles. The normalized spacial score (nSPS) is 10.7. The molecule has 0 aliphatic carbocycles. The van der Waals surface area contributed by atoms with E-state index in [0.717, 1.165) is 12.3 Å². The molecule has 0 atom stereocenters. The Bertz CT molecular complexity index is 687. The molecule has 0 heterocycles. The maximum absolute atomic E-state index is 11.8. The Labute approximate surface area is 144 Å². The lowest BCUT2D eigenvalue weighted by Gasteiger charge is -2.14. The number of carbonyl (C=O) groups excluding carboxylic acids is 2. The number of hydrogen-bond donors (Lipinski definition) is 2. The van der Waals surface area contributed by atoms with E-state index >= 15 is 0 Å². The third kappa shape index (κ3) is 6.09. The zero-order valence-corrected chi connectivity index (χ0v) is 14.1. The Balaban J connectivity index is 2.84. The topological polar surface area (TPSA) is 146 Å². The van der Waals surface area contributed by atoms with Gasteiger partial charge in [-0.3, -0.25) is 19.7 Å². The van der Waals surface area contributed by atoms with Gasteiger partial charge in [-0.25, -0.2) is 5.43 Å². The summed E-state index contributed by atoms with van der Waals surface area (Å²) in [6.07, 6.45) is 1.07. The van der Waals surface area contributed by atoms with E-state index in [9.17, 15) is 24.8 Å². The number of benzene rings is 1. The second-order valence-electron chi connectivity index (χ2n) is 5.36. The summed E-state index contributed by atoms with van der Waals surface area (Å²) in [5, 5.41) is 28.7. The highest BCUT2D eigenvalue weighted by atomic mass is 16.6. The fourth-order valence-corrected chi connectivity index (χ4v) is 1.67. The fraction of sp³-hybridized carbons (Fsp3) is 0.400. The Morgan fingerprint density at radius 3 is 2.60 bits per heavy atom. The van der Waals surface area contributed by atoms with E-state index in [1.807, 2.05) is 19.3 Å². The van der Waals surface area contributed by atoms with Gasteiger partial charge in [0.15, 0.2) is 0 Å². The van der Waals surface area contributed by atoms with Crippen molar-refractivity contribution in [2.45, 2.75) is 20.8 Å². The van der Waals surface area contributed by atoms with Crippen LogP contribution in [-0.2, 0) is 9.59 Å². The highest BCUT2D eigenvalue weighted by molar-refractivity contribution is 6.35. The molecule has 1 rings (SSSR count). The van der Waals surface area contributed by atoms with Gasteiger partial charge in [-0.1, -0.05) is 13.8 Å². The van der Waals surface area contributed by atoms with Crippen LogP contribution in [0.2, 0.25) is 0 Å². The summed E-state index contributed by atoms with van der Waals surface area (Å²) in [5.41, 5.74) is 1.49. The van der Waals surface area contributed by atoms with Crippen molar-refractivity contribution in [2.24, 2.45) is 11.0 Å². The highest BCUT2D eigenvalue weighted by Crippen LogP contribution is 2.34. The van der Waals surface area contributed by atoms with Gasteiger partial charge in [-0.05, 0) is 18.9 Å². The van der Waals surface area contributed by atoms with Gasteiger partial charge in [-0.15, -0.1) is 0 Å². The first-order valence-electron chi connectivity index (χ1n) is 7.49.